The van der Waals surface area contributed by atoms with Gasteiger partial charge in [-0.25, -0.2) is 22.0 Å². The number of aromatic nitrogens is 1. The van der Waals surface area contributed by atoms with Gasteiger partial charge in [-0.2, -0.15) is 0 Å². The lowest BCUT2D eigenvalue weighted by Crippen LogP contribution is -2.52. The molecule has 0 N–H and O–H groups in total. The number of carbonyl (C=O) groups excluding carboxylic acids is 1. The number of likely N-dealkylation sites (tertiary alicyclic amines) is 1. The number of piperidine rings is 1. The number of benzene rings is 2. The van der Waals surface area contributed by atoms with Gasteiger partial charge in [0.15, 0.2) is 9.84 Å². The topological polar surface area (TPSA) is 85.8 Å². The third-order valence-electron chi connectivity index (χ3n) is 7.50. The van der Waals surface area contributed by atoms with Crippen molar-refractivity contribution in [1.29, 1.82) is 0 Å². The van der Waals surface area contributed by atoms with E-state index < -0.39 is 44.1 Å². The minimum atomic E-state index is -3.84. The molecule has 1 aromatic heterocycles. The van der Waals surface area contributed by atoms with Crippen LogP contribution in [0.25, 0.3) is 11.1 Å². The van der Waals surface area contributed by atoms with E-state index in [1.807, 2.05) is 32.9 Å². The maximum atomic E-state index is 15.0. The number of rotatable bonds is 5. The van der Waals surface area contributed by atoms with Crippen LogP contribution in [0.1, 0.15) is 56.9 Å². The lowest BCUT2D eigenvalue weighted by molar-refractivity contribution is -0.0272. The highest BCUT2D eigenvalue weighted by Crippen LogP contribution is 2.41. The highest BCUT2D eigenvalue weighted by Gasteiger charge is 2.41. The van der Waals surface area contributed by atoms with Crippen LogP contribution >= 0.6 is 0 Å². The van der Waals surface area contributed by atoms with E-state index in [0.717, 1.165) is 24.2 Å². The maximum Gasteiger partial charge on any atom is 0.410 e. The Hall–Kier alpha value is -3.53. The van der Waals surface area contributed by atoms with Gasteiger partial charge >= 0.3 is 6.09 Å². The molecule has 10 heteroatoms. The van der Waals surface area contributed by atoms with Crippen molar-refractivity contribution >= 4 is 15.9 Å². The number of aryl methyl sites for hydroxylation is 1. The molecule has 2 aliphatic heterocycles. The van der Waals surface area contributed by atoms with Gasteiger partial charge < -0.3 is 14.4 Å². The average molecular weight is 585 g/mol. The first kappa shape index (κ1) is 29.0. The molecule has 1 amide bonds. The number of sulfone groups is 1. The van der Waals surface area contributed by atoms with Gasteiger partial charge in [0, 0.05) is 37.7 Å². The van der Waals surface area contributed by atoms with Gasteiger partial charge in [0.2, 0.25) is 0 Å². The molecule has 0 radical (unpaired) electrons. The molecule has 218 valence electrons. The first-order valence-electron chi connectivity index (χ1n) is 13.7. The number of hydrogen-bond donors (Lipinski definition) is 0. The van der Waals surface area contributed by atoms with E-state index in [0.29, 0.717) is 42.8 Å². The quantitative estimate of drug-likeness (QED) is 0.353. The molecule has 1 spiro atoms. The molecule has 0 saturated carbocycles. The van der Waals surface area contributed by atoms with Crippen molar-refractivity contribution in [3.8, 4) is 16.9 Å². The van der Waals surface area contributed by atoms with Gasteiger partial charge in [-0.05, 0) is 86.7 Å². The van der Waals surface area contributed by atoms with E-state index in [4.69, 9.17) is 9.47 Å². The Morgan fingerprint density at radius 2 is 1.71 bits per heavy atom. The molecule has 41 heavy (non-hydrogen) atoms. The van der Waals surface area contributed by atoms with Crippen molar-refractivity contribution in [2.24, 2.45) is 0 Å². The highest BCUT2D eigenvalue weighted by atomic mass is 32.2. The fourth-order valence-corrected chi connectivity index (χ4v) is 6.80. The molecule has 1 fully saturated rings. The monoisotopic (exact) mass is 584 g/mol. The molecule has 0 unspecified atom stereocenters. The summed E-state index contributed by atoms with van der Waals surface area (Å²) in [6, 6.07) is 12.7. The van der Waals surface area contributed by atoms with Crippen molar-refractivity contribution in [2.75, 3.05) is 13.1 Å². The summed E-state index contributed by atoms with van der Waals surface area (Å²) in [6.07, 6.45) is 4.03. The van der Waals surface area contributed by atoms with Gasteiger partial charge in [0.1, 0.15) is 28.6 Å². The largest absolute Gasteiger partial charge is 0.487 e. The van der Waals surface area contributed by atoms with Crippen LogP contribution in [0.2, 0.25) is 0 Å². The van der Waals surface area contributed by atoms with Gasteiger partial charge in [-0.3, -0.25) is 4.98 Å². The van der Waals surface area contributed by atoms with E-state index in [2.05, 4.69) is 4.98 Å². The number of carbonyl (C=O) groups is 1. The number of pyridine rings is 1. The molecule has 5 rings (SSSR count). The minimum absolute atomic E-state index is 0.315. The molecular formula is C31H34F2N2O5S. The Balaban J connectivity index is 1.27. The lowest BCUT2D eigenvalue weighted by atomic mass is 9.82. The Kier molecular flexibility index (Phi) is 7.80. The number of fused-ring (bicyclic) bond motifs is 1. The number of hydrogen-bond acceptors (Lipinski definition) is 6. The van der Waals surface area contributed by atoms with Crippen LogP contribution in [0.5, 0.6) is 5.75 Å². The zero-order chi connectivity index (χ0) is 29.4. The molecule has 1 saturated heterocycles. The summed E-state index contributed by atoms with van der Waals surface area (Å²) in [5.41, 5.74) is 0.790. The fourth-order valence-electron chi connectivity index (χ4n) is 5.36. The van der Waals surface area contributed by atoms with Crippen molar-refractivity contribution in [2.45, 2.75) is 69.2 Å². The van der Waals surface area contributed by atoms with Crippen LogP contribution < -0.4 is 4.74 Å². The average Bonchev–Trinajstić information content (AvgIpc) is 2.90. The van der Waals surface area contributed by atoms with Gasteiger partial charge in [0.05, 0.1) is 17.2 Å². The summed E-state index contributed by atoms with van der Waals surface area (Å²) < 4.78 is 67.3. The summed E-state index contributed by atoms with van der Waals surface area (Å²) in [5.74, 6) is -2.25. The van der Waals surface area contributed by atoms with Gasteiger partial charge in [0.25, 0.3) is 0 Å². The zero-order valence-electron chi connectivity index (χ0n) is 23.5. The first-order chi connectivity index (χ1) is 19.3. The Morgan fingerprint density at radius 3 is 2.34 bits per heavy atom. The molecule has 0 aliphatic carbocycles. The third kappa shape index (κ3) is 6.86. The Bertz CT molecular complexity index is 1520. The van der Waals surface area contributed by atoms with Gasteiger partial charge in [-0.1, -0.05) is 12.1 Å². The second kappa shape index (κ2) is 11.0. The number of nitrogens with zero attached hydrogens (tertiary/aromatic N) is 2. The van der Waals surface area contributed by atoms with E-state index in [9.17, 15) is 13.2 Å². The van der Waals surface area contributed by atoms with Crippen LogP contribution in [0.3, 0.4) is 0 Å². The summed E-state index contributed by atoms with van der Waals surface area (Å²) in [7, 11) is -3.84. The standard InChI is InChI=1S/C31H34F2N2O5S/c1-30(2,3)40-29(36)35-14-11-31(12-15-35)10-9-22-16-21(7-8-28(22)39-31)23-17-26(32)25(27(33)18-23)20-41(37,38)19-24-6-4-5-13-34-24/h4-8,13,16-18H,9-12,14-15,19-20H2,1-3H3. The van der Waals surface area contributed by atoms with Crippen molar-refractivity contribution in [1.82, 2.24) is 9.88 Å². The van der Waals surface area contributed by atoms with Crippen LogP contribution in [0.4, 0.5) is 13.6 Å². The van der Waals surface area contributed by atoms with E-state index in [1.54, 1.807) is 29.2 Å². The summed E-state index contributed by atoms with van der Waals surface area (Å²) >= 11 is 0. The van der Waals surface area contributed by atoms with Crippen LogP contribution in [-0.2, 0) is 32.5 Å². The van der Waals surface area contributed by atoms with E-state index in [1.165, 1.54) is 18.3 Å². The molecule has 7 nitrogen and oxygen atoms in total. The highest BCUT2D eigenvalue weighted by molar-refractivity contribution is 7.89. The van der Waals surface area contributed by atoms with Crippen LogP contribution in [-0.4, -0.2) is 48.7 Å². The fraction of sp³-hybridized carbons (Fsp3) is 0.419. The van der Waals surface area contributed by atoms with E-state index in [-0.39, 0.29) is 11.7 Å². The van der Waals surface area contributed by atoms with Crippen molar-refractivity contribution in [3.63, 3.8) is 0 Å². The Morgan fingerprint density at radius 1 is 1.00 bits per heavy atom. The smallest absolute Gasteiger partial charge is 0.410 e. The second-order valence-corrected chi connectivity index (χ2v) is 13.9. The molecule has 2 aliphatic rings. The van der Waals surface area contributed by atoms with Crippen molar-refractivity contribution < 1.29 is 31.5 Å². The maximum absolute atomic E-state index is 15.0. The molecule has 3 aromatic rings. The predicted octanol–water partition coefficient (Wildman–Crippen LogP) is 6.24. The zero-order valence-corrected chi connectivity index (χ0v) is 24.3. The molecule has 0 atom stereocenters. The number of halogens is 2. The molecule has 2 aromatic carbocycles. The molecule has 3 heterocycles. The summed E-state index contributed by atoms with van der Waals surface area (Å²) in [5, 5.41) is 0. The number of ether oxygens (including phenoxy) is 2. The minimum Gasteiger partial charge on any atom is -0.487 e. The first-order valence-corrected chi connectivity index (χ1v) is 15.5. The second-order valence-electron chi connectivity index (χ2n) is 11.8. The SMILES string of the molecule is CC(C)(C)OC(=O)N1CCC2(CCc3cc(-c4cc(F)c(CS(=O)(=O)Cc5ccccn5)c(F)c4)ccc3O2)CC1. The van der Waals surface area contributed by atoms with Crippen molar-refractivity contribution in [3.05, 3.63) is 83.2 Å². The third-order valence-corrected chi connectivity index (χ3v) is 8.96. The number of amides is 1. The van der Waals surface area contributed by atoms with Gasteiger partial charge in [-0.15, -0.1) is 0 Å². The van der Waals surface area contributed by atoms with Crippen LogP contribution in [0, 0.1) is 11.6 Å². The molecule has 0 bridgehead atoms. The summed E-state index contributed by atoms with van der Waals surface area (Å²) in [6.45, 7) is 6.63. The normalized spacial score (nSPS) is 16.7. The van der Waals surface area contributed by atoms with Crippen LogP contribution in [0.15, 0.2) is 54.7 Å². The predicted molar refractivity (Wildman–Crippen MR) is 151 cm³/mol. The molecular weight excluding hydrogens is 550 g/mol. The van der Waals surface area contributed by atoms with E-state index >= 15 is 8.78 Å². The lowest BCUT2D eigenvalue weighted by Gasteiger charge is -2.44. The summed E-state index contributed by atoms with van der Waals surface area (Å²) in [4.78, 5) is 18.2. The Labute approximate surface area is 239 Å².